The van der Waals surface area contributed by atoms with E-state index in [2.05, 4.69) is 0 Å². The Morgan fingerprint density at radius 2 is 1.96 bits per heavy atom. The smallest absolute Gasteiger partial charge is 0.302 e. The van der Waals surface area contributed by atoms with Crippen LogP contribution in [0.25, 0.3) is 0 Å². The van der Waals surface area contributed by atoms with Crippen LogP contribution in [-0.2, 0) is 28.5 Å². The van der Waals surface area contributed by atoms with Crippen LogP contribution >= 0.6 is 0 Å². The second kappa shape index (κ2) is 5.76. The van der Waals surface area contributed by atoms with Crippen LogP contribution in [0.2, 0.25) is 0 Å². The first-order chi connectivity index (χ1) is 12.6. The van der Waals surface area contributed by atoms with Crippen LogP contribution in [0.15, 0.2) is 11.6 Å². The van der Waals surface area contributed by atoms with Crippen LogP contribution in [0.4, 0.5) is 0 Å². The lowest BCUT2D eigenvalue weighted by atomic mass is 9.50. The van der Waals surface area contributed by atoms with E-state index in [9.17, 15) is 19.8 Å². The van der Waals surface area contributed by atoms with Gasteiger partial charge in [0.25, 0.3) is 0 Å². The Balaban J connectivity index is 1.85. The zero-order valence-electron chi connectivity index (χ0n) is 15.9. The summed E-state index contributed by atoms with van der Waals surface area (Å²) in [5.74, 6) is -0.901. The van der Waals surface area contributed by atoms with E-state index in [1.54, 1.807) is 13.0 Å². The molecule has 27 heavy (non-hydrogen) atoms. The van der Waals surface area contributed by atoms with Crippen molar-refractivity contribution in [3.05, 3.63) is 11.6 Å². The molecule has 0 aromatic heterocycles. The molecule has 0 radical (unpaired) electrons. The van der Waals surface area contributed by atoms with Gasteiger partial charge in [-0.05, 0) is 18.9 Å². The highest BCUT2D eigenvalue weighted by atomic mass is 16.7. The minimum absolute atomic E-state index is 0.129. The second-order valence-corrected chi connectivity index (χ2v) is 8.46. The average molecular weight is 382 g/mol. The van der Waals surface area contributed by atoms with Crippen LogP contribution < -0.4 is 0 Å². The quantitative estimate of drug-likeness (QED) is 0.401. The molecule has 2 heterocycles. The van der Waals surface area contributed by atoms with Gasteiger partial charge in [-0.15, -0.1) is 0 Å². The van der Waals surface area contributed by atoms with Gasteiger partial charge in [-0.1, -0.05) is 13.0 Å². The molecule has 8 nitrogen and oxygen atoms in total. The molecule has 3 unspecified atom stereocenters. The summed E-state index contributed by atoms with van der Waals surface area (Å²) in [5.41, 5.74) is -2.02. The monoisotopic (exact) mass is 382 g/mol. The summed E-state index contributed by atoms with van der Waals surface area (Å²) in [5, 5.41) is 21.8. The Morgan fingerprint density at radius 1 is 1.30 bits per heavy atom. The molecule has 0 aromatic rings. The predicted octanol–water partition coefficient (Wildman–Crippen LogP) is 0.0957. The van der Waals surface area contributed by atoms with Crippen molar-refractivity contribution in [3.8, 4) is 0 Å². The van der Waals surface area contributed by atoms with E-state index in [-0.39, 0.29) is 6.61 Å². The SMILES string of the molecule is CC(=O)OC[C@@]12C(C=C(C)[C@@H](O)[C@H]1O)OC1[C@H](OC(C)=O)C[C@@]2(C)C12CO2. The zero-order chi connectivity index (χ0) is 19.8. The first-order valence-corrected chi connectivity index (χ1v) is 9.23. The number of fused-ring (bicyclic) bond motifs is 2. The summed E-state index contributed by atoms with van der Waals surface area (Å²) in [6, 6.07) is 0. The summed E-state index contributed by atoms with van der Waals surface area (Å²) >= 11 is 0. The van der Waals surface area contributed by atoms with Crippen LogP contribution in [0.3, 0.4) is 0 Å². The van der Waals surface area contributed by atoms with Gasteiger partial charge >= 0.3 is 11.9 Å². The molecule has 4 rings (SSSR count). The summed E-state index contributed by atoms with van der Waals surface area (Å²) < 4.78 is 23.1. The fourth-order valence-electron chi connectivity index (χ4n) is 5.65. The molecule has 2 saturated heterocycles. The lowest BCUT2D eigenvalue weighted by molar-refractivity contribution is -0.264. The molecule has 8 heteroatoms. The Labute approximate surface area is 157 Å². The van der Waals surface area contributed by atoms with Crippen LogP contribution in [-0.4, -0.2) is 71.5 Å². The molecule has 2 N–H and O–H groups in total. The summed E-state index contributed by atoms with van der Waals surface area (Å²) in [7, 11) is 0. The van der Waals surface area contributed by atoms with Gasteiger partial charge in [0.05, 0.1) is 24.2 Å². The van der Waals surface area contributed by atoms with Crippen molar-refractivity contribution in [2.75, 3.05) is 13.2 Å². The van der Waals surface area contributed by atoms with Gasteiger partial charge < -0.3 is 29.2 Å². The number of aliphatic hydroxyl groups is 2. The number of carbonyl (C=O) groups excluding carboxylic acids is 2. The molecule has 2 aliphatic heterocycles. The van der Waals surface area contributed by atoms with Crippen molar-refractivity contribution < 1.29 is 38.7 Å². The fraction of sp³-hybridized carbons (Fsp3) is 0.789. The normalized spacial score (nSPS) is 50.0. The fourth-order valence-corrected chi connectivity index (χ4v) is 5.65. The van der Waals surface area contributed by atoms with E-state index in [4.69, 9.17) is 18.9 Å². The Kier molecular flexibility index (Phi) is 4.03. The zero-order valence-corrected chi connectivity index (χ0v) is 15.9. The predicted molar refractivity (Wildman–Crippen MR) is 90.5 cm³/mol. The standard InChI is InChI=1S/C19H26O8/c1-9-5-13-18(7-24-10(2)20,15(23)14(9)22)17(4)6-12(26-11(3)21)16(27-13)19(17)8-25-19/h5,12-16,22-23H,6-8H2,1-4H3/t12-,13?,14-,15-,16?,17-,18-,19?/m1/s1. The van der Waals surface area contributed by atoms with Gasteiger partial charge in [0.15, 0.2) is 0 Å². The molecule has 150 valence electrons. The van der Waals surface area contributed by atoms with Crippen molar-refractivity contribution in [2.24, 2.45) is 10.8 Å². The number of carbonyl (C=O) groups is 2. The van der Waals surface area contributed by atoms with E-state index in [0.29, 0.717) is 18.6 Å². The lowest BCUT2D eigenvalue weighted by Gasteiger charge is -2.59. The third-order valence-electron chi connectivity index (χ3n) is 7.16. The van der Waals surface area contributed by atoms with E-state index < -0.39 is 58.9 Å². The van der Waals surface area contributed by atoms with E-state index in [1.165, 1.54) is 13.8 Å². The summed E-state index contributed by atoms with van der Waals surface area (Å²) in [6.07, 6.45) is -1.81. The van der Waals surface area contributed by atoms with Crippen molar-refractivity contribution in [1.29, 1.82) is 0 Å². The van der Waals surface area contributed by atoms with E-state index in [0.717, 1.165) is 0 Å². The summed E-state index contributed by atoms with van der Waals surface area (Å²) in [4.78, 5) is 23.2. The van der Waals surface area contributed by atoms with Gasteiger partial charge in [-0.25, -0.2) is 0 Å². The molecule has 8 atom stereocenters. The van der Waals surface area contributed by atoms with Crippen LogP contribution in [0.1, 0.15) is 34.1 Å². The maximum atomic E-state index is 11.6. The van der Waals surface area contributed by atoms with Crippen molar-refractivity contribution in [3.63, 3.8) is 0 Å². The van der Waals surface area contributed by atoms with E-state index >= 15 is 0 Å². The molecule has 3 fully saturated rings. The number of aliphatic hydroxyl groups excluding tert-OH is 2. The third-order valence-corrected chi connectivity index (χ3v) is 7.16. The first-order valence-electron chi connectivity index (χ1n) is 9.23. The number of esters is 2. The minimum atomic E-state index is -1.23. The Hall–Kier alpha value is -1.48. The third kappa shape index (κ3) is 2.24. The van der Waals surface area contributed by atoms with E-state index in [1.807, 2.05) is 6.92 Å². The molecule has 1 saturated carbocycles. The molecule has 2 aliphatic carbocycles. The second-order valence-electron chi connectivity index (χ2n) is 8.46. The number of epoxide rings is 1. The summed E-state index contributed by atoms with van der Waals surface area (Å²) in [6.45, 7) is 6.57. The highest BCUT2D eigenvalue weighted by Crippen LogP contribution is 2.71. The topological polar surface area (TPSA) is 115 Å². The highest BCUT2D eigenvalue weighted by Gasteiger charge is 2.84. The Bertz CT molecular complexity index is 712. The van der Waals surface area contributed by atoms with Gasteiger partial charge in [-0.3, -0.25) is 9.59 Å². The molecule has 1 spiro atoms. The van der Waals surface area contributed by atoms with Crippen molar-refractivity contribution >= 4 is 11.9 Å². The maximum Gasteiger partial charge on any atom is 0.302 e. The molecular weight excluding hydrogens is 356 g/mol. The van der Waals surface area contributed by atoms with Crippen molar-refractivity contribution in [1.82, 2.24) is 0 Å². The minimum Gasteiger partial charge on any atom is -0.465 e. The molecule has 2 bridgehead atoms. The number of hydrogen-bond acceptors (Lipinski definition) is 8. The lowest BCUT2D eigenvalue weighted by Crippen LogP contribution is -2.71. The number of rotatable bonds is 3. The average Bonchev–Trinajstić information content (AvgIpc) is 3.34. The van der Waals surface area contributed by atoms with Gasteiger partial charge in [0.2, 0.25) is 0 Å². The van der Waals surface area contributed by atoms with Crippen molar-refractivity contribution in [2.45, 2.75) is 70.2 Å². The number of ether oxygens (including phenoxy) is 4. The van der Waals surface area contributed by atoms with Gasteiger partial charge in [0.1, 0.15) is 30.5 Å². The molecule has 0 amide bonds. The van der Waals surface area contributed by atoms with Crippen LogP contribution in [0, 0.1) is 10.8 Å². The first kappa shape index (κ1) is 18.9. The number of hydrogen-bond donors (Lipinski definition) is 2. The molecular formula is C19H26O8. The van der Waals surface area contributed by atoms with Crippen LogP contribution in [0.5, 0.6) is 0 Å². The largest absolute Gasteiger partial charge is 0.465 e. The highest BCUT2D eigenvalue weighted by molar-refractivity contribution is 5.66. The molecule has 4 aliphatic rings. The van der Waals surface area contributed by atoms with Gasteiger partial charge in [-0.2, -0.15) is 0 Å². The Morgan fingerprint density at radius 3 is 2.52 bits per heavy atom. The maximum absolute atomic E-state index is 11.6. The van der Waals surface area contributed by atoms with Gasteiger partial charge in [0, 0.05) is 19.3 Å². The molecule has 0 aromatic carbocycles.